The summed E-state index contributed by atoms with van der Waals surface area (Å²) in [5.41, 5.74) is -1.02. The fourth-order valence-electron chi connectivity index (χ4n) is 2.10. The summed E-state index contributed by atoms with van der Waals surface area (Å²) in [5.74, 6) is 0. The van der Waals surface area contributed by atoms with Crippen LogP contribution in [-0.2, 0) is 0 Å². The lowest BCUT2D eigenvalue weighted by atomic mass is 10.0. The Balaban J connectivity index is 4.03. The molecule has 0 saturated heterocycles. The van der Waals surface area contributed by atoms with Crippen LogP contribution in [0.3, 0.4) is 0 Å². The molecule has 3 heteroatoms. The van der Waals surface area contributed by atoms with Crippen LogP contribution in [-0.4, -0.2) is 16.9 Å². The second-order valence-electron chi connectivity index (χ2n) is 6.06. The normalized spacial score (nSPS) is 12.7. The third kappa shape index (κ3) is 13.8. The zero-order valence-electron chi connectivity index (χ0n) is 13.5. The summed E-state index contributed by atoms with van der Waals surface area (Å²) in [5, 5.41) is 18.0. The molecule has 3 nitrogen and oxygen atoms in total. The Hall–Kier alpha value is -0.440. The van der Waals surface area contributed by atoms with Crippen molar-refractivity contribution in [1.82, 2.24) is 0 Å². The van der Waals surface area contributed by atoms with E-state index in [4.69, 9.17) is 0 Å². The minimum absolute atomic E-state index is 0.306. The van der Waals surface area contributed by atoms with Crippen molar-refractivity contribution >= 4 is 0 Å². The minimum Gasteiger partial charge on any atom is -0.368 e. The van der Waals surface area contributed by atoms with Crippen LogP contribution in [0.2, 0.25) is 0 Å². The molecule has 0 saturated carbocycles. The Kier molecular flexibility index (Phi) is 11.1. The summed E-state index contributed by atoms with van der Waals surface area (Å²) in [6.45, 7) is 7.83. The van der Waals surface area contributed by atoms with E-state index in [0.29, 0.717) is 6.04 Å². The Morgan fingerprint density at radius 1 is 0.842 bits per heavy atom. The largest absolute Gasteiger partial charge is 0.368 e. The third-order valence-corrected chi connectivity index (χ3v) is 3.25. The van der Waals surface area contributed by atoms with E-state index in [1.807, 2.05) is 0 Å². The molecule has 0 aromatic heterocycles. The number of hydrogen-bond acceptors (Lipinski definition) is 3. The van der Waals surface area contributed by atoms with Crippen molar-refractivity contribution in [3.05, 3.63) is 0 Å². The molecule has 114 valence electrons. The maximum atomic E-state index is 9.63. The van der Waals surface area contributed by atoms with E-state index in [9.17, 15) is 5.11 Å². The molecule has 0 atom stereocenters. The van der Waals surface area contributed by atoms with Gasteiger partial charge < -0.3 is 5.11 Å². The van der Waals surface area contributed by atoms with Gasteiger partial charge >= 0.3 is 0 Å². The number of unbranched alkanes of at least 4 members (excludes halogenated alkanes) is 6. The summed E-state index contributed by atoms with van der Waals surface area (Å²) in [6, 6.07) is 0.306. The summed E-state index contributed by atoms with van der Waals surface area (Å²) in [4.78, 5) is 0. The lowest BCUT2D eigenvalue weighted by molar-refractivity contribution is 0.0799. The predicted octanol–water partition coefficient (Wildman–Crippen LogP) is 5.48. The molecule has 0 aliphatic carbocycles. The van der Waals surface area contributed by atoms with Crippen LogP contribution in [0.4, 0.5) is 0 Å². The van der Waals surface area contributed by atoms with Gasteiger partial charge in [-0.2, -0.15) is 10.2 Å². The Labute approximate surface area is 119 Å². The first kappa shape index (κ1) is 18.6. The summed E-state index contributed by atoms with van der Waals surface area (Å²) in [6.07, 6.45) is 12.4. The molecule has 0 amide bonds. The van der Waals surface area contributed by atoms with Crippen LogP contribution in [0.25, 0.3) is 0 Å². The fraction of sp³-hybridized carbons (Fsp3) is 1.00. The number of hydrogen-bond donors (Lipinski definition) is 1. The molecule has 0 rings (SSSR count). The highest BCUT2D eigenvalue weighted by Crippen LogP contribution is 2.17. The summed E-state index contributed by atoms with van der Waals surface area (Å²) < 4.78 is 0. The van der Waals surface area contributed by atoms with E-state index in [1.165, 1.54) is 51.4 Å². The molecule has 0 spiro atoms. The van der Waals surface area contributed by atoms with Gasteiger partial charge in [0.2, 0.25) is 0 Å². The van der Waals surface area contributed by atoms with Gasteiger partial charge in [-0.15, -0.1) is 0 Å². The van der Waals surface area contributed by atoms with Gasteiger partial charge in [0.15, 0.2) is 5.72 Å². The Morgan fingerprint density at radius 2 is 1.32 bits per heavy atom. The second kappa shape index (κ2) is 11.4. The molecule has 0 aromatic carbocycles. The lowest BCUT2D eigenvalue weighted by Crippen LogP contribution is -2.15. The van der Waals surface area contributed by atoms with Crippen molar-refractivity contribution in [3.8, 4) is 0 Å². The molecular weight excluding hydrogens is 236 g/mol. The minimum atomic E-state index is -1.02. The first-order valence-corrected chi connectivity index (χ1v) is 8.14. The van der Waals surface area contributed by atoms with Crippen molar-refractivity contribution in [2.75, 3.05) is 0 Å². The lowest BCUT2D eigenvalue weighted by Gasteiger charge is -2.14. The van der Waals surface area contributed by atoms with Crippen molar-refractivity contribution in [1.29, 1.82) is 0 Å². The molecule has 1 N–H and O–H groups in total. The highest BCUT2D eigenvalue weighted by molar-refractivity contribution is 4.67. The standard InChI is InChI=1S/C16H34N2O/c1-5-7-9-11-13-15(14-12-10-8-6-2)17-18-16(3,4)19/h15,19H,5-14H2,1-4H3/b18-17+. The van der Waals surface area contributed by atoms with Gasteiger partial charge in [-0.05, 0) is 26.7 Å². The van der Waals surface area contributed by atoms with Crippen molar-refractivity contribution in [2.24, 2.45) is 10.2 Å². The fourth-order valence-corrected chi connectivity index (χ4v) is 2.10. The van der Waals surface area contributed by atoms with Crippen molar-refractivity contribution in [3.63, 3.8) is 0 Å². The highest BCUT2D eigenvalue weighted by Gasteiger charge is 2.12. The van der Waals surface area contributed by atoms with E-state index in [0.717, 1.165) is 12.8 Å². The van der Waals surface area contributed by atoms with Gasteiger partial charge in [0.1, 0.15) is 0 Å². The molecule has 0 bridgehead atoms. The van der Waals surface area contributed by atoms with Crippen LogP contribution < -0.4 is 0 Å². The predicted molar refractivity (Wildman–Crippen MR) is 82.5 cm³/mol. The second-order valence-corrected chi connectivity index (χ2v) is 6.06. The maximum absolute atomic E-state index is 9.63. The quantitative estimate of drug-likeness (QED) is 0.370. The monoisotopic (exact) mass is 270 g/mol. The summed E-state index contributed by atoms with van der Waals surface area (Å²) in [7, 11) is 0. The van der Waals surface area contributed by atoms with Crippen LogP contribution in [0.1, 0.15) is 91.9 Å². The molecule has 0 aliphatic heterocycles. The molecule has 0 radical (unpaired) electrons. The van der Waals surface area contributed by atoms with E-state index < -0.39 is 5.72 Å². The van der Waals surface area contributed by atoms with Gasteiger partial charge in [-0.25, -0.2) is 0 Å². The maximum Gasteiger partial charge on any atom is 0.170 e. The van der Waals surface area contributed by atoms with Crippen LogP contribution >= 0.6 is 0 Å². The van der Waals surface area contributed by atoms with Gasteiger partial charge in [0.25, 0.3) is 0 Å². The molecule has 0 unspecified atom stereocenters. The smallest absolute Gasteiger partial charge is 0.170 e. The van der Waals surface area contributed by atoms with Crippen molar-refractivity contribution < 1.29 is 5.11 Å². The highest BCUT2D eigenvalue weighted by atomic mass is 16.3. The molecule has 0 heterocycles. The molecular formula is C16H34N2O. The average molecular weight is 270 g/mol. The average Bonchev–Trinajstić information content (AvgIpc) is 2.34. The molecule has 19 heavy (non-hydrogen) atoms. The zero-order valence-corrected chi connectivity index (χ0v) is 13.5. The molecule has 0 aromatic rings. The topological polar surface area (TPSA) is 45.0 Å². The number of nitrogens with zero attached hydrogens (tertiary/aromatic N) is 2. The summed E-state index contributed by atoms with van der Waals surface area (Å²) >= 11 is 0. The van der Waals surface area contributed by atoms with Crippen LogP contribution in [0.5, 0.6) is 0 Å². The molecule has 0 aliphatic rings. The van der Waals surface area contributed by atoms with Crippen molar-refractivity contribution in [2.45, 2.75) is 104 Å². The van der Waals surface area contributed by atoms with E-state index >= 15 is 0 Å². The number of rotatable bonds is 12. The molecule has 0 fully saturated rings. The first-order valence-electron chi connectivity index (χ1n) is 8.14. The first-order chi connectivity index (χ1) is 8.99. The third-order valence-electron chi connectivity index (χ3n) is 3.25. The Bertz CT molecular complexity index is 209. The van der Waals surface area contributed by atoms with E-state index in [2.05, 4.69) is 24.1 Å². The van der Waals surface area contributed by atoms with Crippen LogP contribution in [0, 0.1) is 0 Å². The van der Waals surface area contributed by atoms with Gasteiger partial charge in [0, 0.05) is 0 Å². The van der Waals surface area contributed by atoms with Gasteiger partial charge in [-0.3, -0.25) is 0 Å². The van der Waals surface area contributed by atoms with E-state index in [-0.39, 0.29) is 0 Å². The van der Waals surface area contributed by atoms with Crippen LogP contribution in [0.15, 0.2) is 10.2 Å². The van der Waals surface area contributed by atoms with Gasteiger partial charge in [-0.1, -0.05) is 65.2 Å². The number of azo groups is 1. The SMILES string of the molecule is CCCCCCC(CCCCCC)/N=N/C(C)(C)O. The zero-order chi connectivity index (χ0) is 14.6. The van der Waals surface area contributed by atoms with E-state index in [1.54, 1.807) is 13.8 Å². The van der Waals surface area contributed by atoms with Gasteiger partial charge in [0.05, 0.1) is 6.04 Å². The Morgan fingerprint density at radius 3 is 1.68 bits per heavy atom. The number of aliphatic hydroxyl groups is 1.